The van der Waals surface area contributed by atoms with Crippen molar-refractivity contribution in [2.45, 2.75) is 50.2 Å². The van der Waals surface area contributed by atoms with Gasteiger partial charge in [-0.1, -0.05) is 101 Å². The number of benzene rings is 4. The van der Waals surface area contributed by atoms with Crippen LogP contribution in [0.3, 0.4) is 0 Å². The summed E-state index contributed by atoms with van der Waals surface area (Å²) in [7, 11) is -4.34. The second-order valence-corrected chi connectivity index (χ2v) is 15.2. The number of nitrogens with zero attached hydrogens (tertiary/aromatic N) is 2. The topological polar surface area (TPSA) is 86.8 Å². The van der Waals surface area contributed by atoms with Crippen LogP contribution in [0.1, 0.15) is 31.9 Å². The zero-order valence-electron chi connectivity index (χ0n) is 25.4. The summed E-state index contributed by atoms with van der Waals surface area (Å²) < 4.78 is 29.2. The van der Waals surface area contributed by atoms with Crippen molar-refractivity contribution in [2.75, 3.05) is 10.8 Å². The molecule has 0 bridgehead atoms. The molecular formula is C34H33Cl4N3O4S. The molecule has 1 unspecified atom stereocenters. The lowest BCUT2D eigenvalue weighted by Gasteiger charge is -2.35. The van der Waals surface area contributed by atoms with Crippen molar-refractivity contribution in [3.8, 4) is 0 Å². The van der Waals surface area contributed by atoms with Gasteiger partial charge in [0.25, 0.3) is 10.0 Å². The fraction of sp³-hybridized carbons (Fsp3) is 0.235. The molecule has 1 N–H and O–H groups in total. The predicted octanol–water partition coefficient (Wildman–Crippen LogP) is 8.05. The molecule has 0 fully saturated rings. The van der Waals surface area contributed by atoms with Crippen LogP contribution >= 0.6 is 46.4 Å². The highest BCUT2D eigenvalue weighted by Gasteiger charge is 2.36. The number of carbonyl (C=O) groups excluding carboxylic acids is 2. The summed E-state index contributed by atoms with van der Waals surface area (Å²) >= 11 is 25.3. The molecular weight excluding hydrogens is 688 g/mol. The Kier molecular flexibility index (Phi) is 11.7. The fourth-order valence-electron chi connectivity index (χ4n) is 4.75. The number of hydrogen-bond acceptors (Lipinski definition) is 4. The molecule has 4 aromatic carbocycles. The van der Waals surface area contributed by atoms with Gasteiger partial charge in [-0.05, 0) is 74.4 Å². The number of rotatable bonds is 11. The number of amides is 2. The van der Waals surface area contributed by atoms with Gasteiger partial charge in [0, 0.05) is 23.5 Å². The minimum Gasteiger partial charge on any atom is -0.350 e. The summed E-state index contributed by atoms with van der Waals surface area (Å²) in [5, 5.41) is 3.87. The zero-order chi connectivity index (χ0) is 33.6. The first-order valence-electron chi connectivity index (χ1n) is 14.3. The van der Waals surface area contributed by atoms with Gasteiger partial charge in [-0.15, -0.1) is 0 Å². The monoisotopic (exact) mass is 719 g/mol. The average Bonchev–Trinajstić information content (AvgIpc) is 3.00. The first-order valence-corrected chi connectivity index (χ1v) is 17.2. The Morgan fingerprint density at radius 1 is 0.761 bits per heavy atom. The molecule has 0 radical (unpaired) electrons. The molecule has 4 aromatic rings. The van der Waals surface area contributed by atoms with Crippen molar-refractivity contribution in [2.24, 2.45) is 0 Å². The van der Waals surface area contributed by atoms with E-state index < -0.39 is 40.0 Å². The van der Waals surface area contributed by atoms with Crippen LogP contribution < -0.4 is 9.62 Å². The quantitative estimate of drug-likeness (QED) is 0.170. The molecule has 7 nitrogen and oxygen atoms in total. The maximum atomic E-state index is 14.6. The van der Waals surface area contributed by atoms with E-state index in [0.717, 1.165) is 9.87 Å². The summed E-state index contributed by atoms with van der Waals surface area (Å²) in [6.45, 7) is 4.75. The SMILES string of the molecule is CC(C)(C)NC(=O)C(Cc1ccccc1)N(Cc1ccc(Cl)c(Cl)c1)C(=O)CN(c1cc(Cl)ccc1Cl)S(=O)(=O)c1ccccc1. The zero-order valence-corrected chi connectivity index (χ0v) is 29.2. The normalized spacial score (nSPS) is 12.3. The Balaban J connectivity index is 1.86. The van der Waals surface area contributed by atoms with E-state index in [1.54, 1.807) is 36.4 Å². The average molecular weight is 722 g/mol. The smallest absolute Gasteiger partial charge is 0.264 e. The Hall–Kier alpha value is -3.27. The van der Waals surface area contributed by atoms with Gasteiger partial charge in [-0.2, -0.15) is 0 Å². The van der Waals surface area contributed by atoms with Gasteiger partial charge >= 0.3 is 0 Å². The molecule has 242 valence electrons. The Labute approximate surface area is 290 Å². The van der Waals surface area contributed by atoms with Gasteiger partial charge in [0.15, 0.2) is 0 Å². The molecule has 0 saturated carbocycles. The van der Waals surface area contributed by atoms with Crippen molar-refractivity contribution in [1.29, 1.82) is 0 Å². The third kappa shape index (κ3) is 9.17. The maximum Gasteiger partial charge on any atom is 0.264 e. The van der Waals surface area contributed by atoms with Crippen molar-refractivity contribution in [1.82, 2.24) is 10.2 Å². The summed E-state index contributed by atoms with van der Waals surface area (Å²) in [5.74, 6) is -1.07. The summed E-state index contributed by atoms with van der Waals surface area (Å²) in [4.78, 5) is 29.8. The number of anilines is 1. The molecule has 0 heterocycles. The van der Waals surface area contributed by atoms with Crippen LogP contribution in [-0.2, 0) is 32.6 Å². The van der Waals surface area contributed by atoms with Gasteiger partial charge in [-0.3, -0.25) is 13.9 Å². The van der Waals surface area contributed by atoms with Crippen LogP contribution in [0.25, 0.3) is 0 Å². The van der Waals surface area contributed by atoms with Gasteiger partial charge in [0.05, 0.1) is 25.7 Å². The standard InChI is InChI=1S/C34H33Cl4N3O4S/c1-34(2,3)39-33(43)31(19-23-10-6-4-7-11-23)40(21-24-14-16-27(36)29(38)18-24)32(42)22-41(30-20-25(35)15-17-28(30)37)46(44,45)26-12-8-5-9-13-26/h4-18,20,31H,19,21-22H2,1-3H3,(H,39,43). The van der Waals surface area contributed by atoms with Crippen LogP contribution in [0.4, 0.5) is 5.69 Å². The Morgan fingerprint density at radius 3 is 1.98 bits per heavy atom. The maximum absolute atomic E-state index is 14.6. The van der Waals surface area contributed by atoms with Gasteiger partial charge < -0.3 is 10.2 Å². The lowest BCUT2D eigenvalue weighted by molar-refractivity contribution is -0.140. The number of nitrogens with one attached hydrogen (secondary N) is 1. The molecule has 0 aromatic heterocycles. The summed E-state index contributed by atoms with van der Waals surface area (Å²) in [6, 6.07) is 25.2. The largest absolute Gasteiger partial charge is 0.350 e. The Bertz CT molecular complexity index is 1800. The lowest BCUT2D eigenvalue weighted by atomic mass is 10.0. The molecule has 4 rings (SSSR count). The first kappa shape index (κ1) is 35.6. The number of sulfonamides is 1. The van der Waals surface area contributed by atoms with Gasteiger partial charge in [0.1, 0.15) is 12.6 Å². The number of halogens is 4. The fourth-order valence-corrected chi connectivity index (χ4v) is 6.95. The van der Waals surface area contributed by atoms with Crippen LogP contribution in [0.15, 0.2) is 102 Å². The van der Waals surface area contributed by atoms with E-state index in [0.29, 0.717) is 10.6 Å². The van der Waals surface area contributed by atoms with Crippen molar-refractivity contribution < 1.29 is 18.0 Å². The molecule has 0 aliphatic rings. The van der Waals surface area contributed by atoms with Crippen LogP contribution in [0, 0.1) is 0 Å². The summed E-state index contributed by atoms with van der Waals surface area (Å²) in [6.07, 6.45) is 0.152. The second-order valence-electron chi connectivity index (χ2n) is 11.6. The predicted molar refractivity (Wildman–Crippen MR) is 186 cm³/mol. The third-order valence-electron chi connectivity index (χ3n) is 6.89. The highest BCUT2D eigenvalue weighted by molar-refractivity contribution is 7.92. The van der Waals surface area contributed by atoms with Crippen molar-refractivity contribution in [3.63, 3.8) is 0 Å². The van der Waals surface area contributed by atoms with E-state index in [1.165, 1.54) is 35.2 Å². The van der Waals surface area contributed by atoms with Crippen LogP contribution in [-0.4, -0.2) is 43.3 Å². The highest BCUT2D eigenvalue weighted by Crippen LogP contribution is 2.33. The molecule has 0 aliphatic carbocycles. The minimum absolute atomic E-state index is 0.0135. The van der Waals surface area contributed by atoms with Crippen LogP contribution in [0.2, 0.25) is 20.1 Å². The number of hydrogen-bond donors (Lipinski definition) is 1. The van der Waals surface area contributed by atoms with E-state index in [9.17, 15) is 18.0 Å². The number of carbonyl (C=O) groups is 2. The molecule has 0 saturated heterocycles. The molecule has 2 amide bonds. The van der Waals surface area contributed by atoms with E-state index in [4.69, 9.17) is 46.4 Å². The van der Waals surface area contributed by atoms with E-state index in [-0.39, 0.29) is 38.6 Å². The highest BCUT2D eigenvalue weighted by atomic mass is 35.5. The minimum atomic E-state index is -4.34. The van der Waals surface area contributed by atoms with E-state index in [1.807, 2.05) is 51.1 Å². The molecule has 46 heavy (non-hydrogen) atoms. The van der Waals surface area contributed by atoms with Gasteiger partial charge in [0.2, 0.25) is 11.8 Å². The summed E-state index contributed by atoms with van der Waals surface area (Å²) in [5.41, 5.74) is 0.777. The van der Waals surface area contributed by atoms with E-state index >= 15 is 0 Å². The van der Waals surface area contributed by atoms with Crippen LogP contribution in [0.5, 0.6) is 0 Å². The van der Waals surface area contributed by atoms with Gasteiger partial charge in [-0.25, -0.2) is 8.42 Å². The first-order chi connectivity index (χ1) is 21.7. The second kappa shape index (κ2) is 15.1. The molecule has 0 aliphatic heterocycles. The third-order valence-corrected chi connectivity index (χ3v) is 9.96. The molecule has 0 spiro atoms. The van der Waals surface area contributed by atoms with Crippen molar-refractivity contribution in [3.05, 3.63) is 128 Å². The van der Waals surface area contributed by atoms with Crippen molar-refractivity contribution >= 4 is 73.9 Å². The molecule has 1 atom stereocenters. The Morgan fingerprint density at radius 2 is 1.37 bits per heavy atom. The molecule has 12 heteroatoms. The lowest BCUT2D eigenvalue weighted by Crippen LogP contribution is -2.56. The van der Waals surface area contributed by atoms with E-state index in [2.05, 4.69) is 5.32 Å².